The molecule has 1 N–H and O–H groups in total. The average molecular weight is 372 g/mol. The van der Waals surface area contributed by atoms with Gasteiger partial charge in [0, 0.05) is 30.1 Å². The second-order valence-electron chi connectivity index (χ2n) is 6.62. The maximum Gasteiger partial charge on any atom is 0.257 e. The quantitative estimate of drug-likeness (QED) is 0.626. The van der Waals surface area contributed by atoms with Crippen molar-refractivity contribution in [1.82, 2.24) is 14.9 Å². The molecule has 1 unspecified atom stereocenters. The lowest BCUT2D eigenvalue weighted by atomic mass is 10.1. The molecular weight excluding hydrogens is 346 g/mol. The van der Waals surface area contributed by atoms with Crippen LogP contribution in [0.4, 0.5) is 0 Å². The van der Waals surface area contributed by atoms with Crippen LogP contribution in [0.2, 0.25) is 0 Å². The predicted octanol–water partition coefficient (Wildman–Crippen LogP) is 2.59. The lowest BCUT2D eigenvalue weighted by molar-refractivity contribution is -0.124. The van der Waals surface area contributed by atoms with Crippen LogP contribution in [-0.2, 0) is 24.2 Å². The number of thioether (sulfide) groups is 1. The fourth-order valence-electron chi connectivity index (χ4n) is 3.25. The zero-order valence-electron chi connectivity index (χ0n) is 15.3. The predicted molar refractivity (Wildman–Crippen MR) is 105 cm³/mol. The largest absolute Gasteiger partial charge is 0.356 e. The number of aromatic nitrogens is 2. The van der Waals surface area contributed by atoms with E-state index in [1.54, 1.807) is 4.57 Å². The number of hydrogen-bond donors (Lipinski definition) is 1. The van der Waals surface area contributed by atoms with E-state index in [2.05, 4.69) is 22.4 Å². The maximum absolute atomic E-state index is 12.6. The van der Waals surface area contributed by atoms with E-state index in [1.165, 1.54) is 17.3 Å². The summed E-state index contributed by atoms with van der Waals surface area (Å²) in [5, 5.41) is 3.76. The number of hydrogen-bond acceptors (Lipinski definition) is 4. The molecule has 1 aliphatic heterocycles. The van der Waals surface area contributed by atoms with E-state index >= 15 is 0 Å². The summed E-state index contributed by atoms with van der Waals surface area (Å²) < 4.78 is 1.67. The molecule has 1 aromatic carbocycles. The average Bonchev–Trinajstić information content (AvgIpc) is 2.66. The summed E-state index contributed by atoms with van der Waals surface area (Å²) in [6.45, 7) is 4.92. The third-order valence-electron chi connectivity index (χ3n) is 4.76. The third-order valence-corrected chi connectivity index (χ3v) is 5.90. The van der Waals surface area contributed by atoms with Gasteiger partial charge in [-0.25, -0.2) is 4.98 Å². The number of carbonyl (C=O) groups excluding carboxylic acids is 1. The summed E-state index contributed by atoms with van der Waals surface area (Å²) in [4.78, 5) is 29.7. The van der Waals surface area contributed by atoms with Crippen LogP contribution in [0, 0.1) is 12.8 Å². The SMILES string of the molecule is CCc1c(C)nc2n(c1=O)CC(C(=O)NCCCc1ccccc1)CS2. The van der Waals surface area contributed by atoms with Crippen LogP contribution < -0.4 is 10.9 Å². The van der Waals surface area contributed by atoms with E-state index in [0.717, 1.165) is 29.3 Å². The van der Waals surface area contributed by atoms with E-state index in [-0.39, 0.29) is 17.4 Å². The van der Waals surface area contributed by atoms with Crippen molar-refractivity contribution >= 4 is 17.7 Å². The van der Waals surface area contributed by atoms with E-state index in [9.17, 15) is 9.59 Å². The van der Waals surface area contributed by atoms with Gasteiger partial charge in [0.1, 0.15) is 0 Å². The number of carbonyl (C=O) groups is 1. The second kappa shape index (κ2) is 8.54. The summed E-state index contributed by atoms with van der Waals surface area (Å²) in [5.41, 5.74) is 2.84. The van der Waals surface area contributed by atoms with Crippen molar-refractivity contribution in [3.8, 4) is 0 Å². The van der Waals surface area contributed by atoms with Crippen LogP contribution in [0.1, 0.15) is 30.2 Å². The number of amides is 1. The number of fused-ring (bicyclic) bond motifs is 1. The molecule has 0 saturated carbocycles. The first-order chi connectivity index (χ1) is 12.6. The van der Waals surface area contributed by atoms with Gasteiger partial charge in [-0.1, -0.05) is 49.0 Å². The van der Waals surface area contributed by atoms with Gasteiger partial charge >= 0.3 is 0 Å². The molecular formula is C20H25N3O2S. The summed E-state index contributed by atoms with van der Waals surface area (Å²) in [5.74, 6) is 0.514. The lowest BCUT2D eigenvalue weighted by Crippen LogP contribution is -2.41. The van der Waals surface area contributed by atoms with Gasteiger partial charge in [-0.3, -0.25) is 14.2 Å². The van der Waals surface area contributed by atoms with Gasteiger partial charge in [0.05, 0.1) is 5.92 Å². The molecule has 3 rings (SSSR count). The molecule has 1 amide bonds. The van der Waals surface area contributed by atoms with E-state index in [1.807, 2.05) is 32.0 Å². The molecule has 0 saturated heterocycles. The topological polar surface area (TPSA) is 64.0 Å². The van der Waals surface area contributed by atoms with E-state index in [4.69, 9.17) is 0 Å². The van der Waals surface area contributed by atoms with Gasteiger partial charge in [0.15, 0.2) is 5.16 Å². The highest BCUT2D eigenvalue weighted by molar-refractivity contribution is 7.99. The van der Waals surface area contributed by atoms with Crippen molar-refractivity contribution in [3.05, 3.63) is 57.5 Å². The minimum atomic E-state index is -0.184. The molecule has 1 atom stereocenters. The molecule has 0 radical (unpaired) electrons. The summed E-state index contributed by atoms with van der Waals surface area (Å²) in [6.07, 6.45) is 2.53. The maximum atomic E-state index is 12.6. The molecule has 0 spiro atoms. The molecule has 6 heteroatoms. The summed E-state index contributed by atoms with van der Waals surface area (Å²) in [6, 6.07) is 10.3. The smallest absolute Gasteiger partial charge is 0.257 e. The van der Waals surface area contributed by atoms with Crippen molar-refractivity contribution in [2.45, 2.75) is 44.8 Å². The molecule has 1 aromatic heterocycles. The van der Waals surface area contributed by atoms with Crippen LogP contribution in [0.5, 0.6) is 0 Å². The van der Waals surface area contributed by atoms with Gasteiger partial charge in [-0.15, -0.1) is 0 Å². The molecule has 0 aliphatic carbocycles. The standard InChI is InChI=1S/C20H25N3O2S/c1-3-17-14(2)22-20-23(19(17)25)12-16(13-26-20)18(24)21-11-7-10-15-8-5-4-6-9-15/h4-6,8-9,16H,3,7,10-13H2,1-2H3,(H,21,24). The molecule has 0 bridgehead atoms. The molecule has 2 heterocycles. The zero-order chi connectivity index (χ0) is 18.5. The lowest BCUT2D eigenvalue weighted by Gasteiger charge is -2.25. The Morgan fingerprint density at radius 2 is 2.12 bits per heavy atom. The van der Waals surface area contributed by atoms with Crippen molar-refractivity contribution < 1.29 is 4.79 Å². The molecule has 0 fully saturated rings. The molecule has 5 nitrogen and oxygen atoms in total. The minimum Gasteiger partial charge on any atom is -0.356 e. The summed E-state index contributed by atoms with van der Waals surface area (Å²) >= 11 is 1.50. The molecule has 26 heavy (non-hydrogen) atoms. The Labute approximate surface area is 158 Å². The number of aryl methyl sites for hydroxylation is 2. The number of benzene rings is 1. The second-order valence-corrected chi connectivity index (χ2v) is 7.60. The van der Waals surface area contributed by atoms with Crippen molar-refractivity contribution in [3.63, 3.8) is 0 Å². The van der Waals surface area contributed by atoms with Crippen molar-refractivity contribution in [1.29, 1.82) is 0 Å². The van der Waals surface area contributed by atoms with Crippen molar-refractivity contribution in [2.75, 3.05) is 12.3 Å². The first-order valence-electron chi connectivity index (χ1n) is 9.15. The Kier molecular flexibility index (Phi) is 6.14. The third kappa shape index (κ3) is 4.18. The van der Waals surface area contributed by atoms with Crippen LogP contribution in [0.3, 0.4) is 0 Å². The van der Waals surface area contributed by atoms with Gasteiger partial charge < -0.3 is 5.32 Å². The monoisotopic (exact) mass is 371 g/mol. The Morgan fingerprint density at radius 3 is 2.85 bits per heavy atom. The highest BCUT2D eigenvalue weighted by Gasteiger charge is 2.27. The van der Waals surface area contributed by atoms with Crippen LogP contribution >= 0.6 is 11.8 Å². The molecule has 2 aromatic rings. The van der Waals surface area contributed by atoms with Crippen molar-refractivity contribution in [2.24, 2.45) is 5.92 Å². The zero-order valence-corrected chi connectivity index (χ0v) is 16.1. The van der Waals surface area contributed by atoms with E-state index < -0.39 is 0 Å². The normalized spacial score (nSPS) is 16.2. The highest BCUT2D eigenvalue weighted by Crippen LogP contribution is 2.26. The van der Waals surface area contributed by atoms with Gasteiger partial charge in [0.2, 0.25) is 5.91 Å². The first kappa shape index (κ1) is 18.7. The Hall–Kier alpha value is -2.08. The van der Waals surface area contributed by atoms with Gasteiger partial charge in [0.25, 0.3) is 5.56 Å². The van der Waals surface area contributed by atoms with E-state index in [0.29, 0.717) is 25.3 Å². The minimum absolute atomic E-state index is 0.00378. The fourth-order valence-corrected chi connectivity index (χ4v) is 4.38. The van der Waals surface area contributed by atoms with Gasteiger partial charge in [-0.2, -0.15) is 0 Å². The molecule has 1 aliphatic rings. The van der Waals surface area contributed by atoms with Crippen LogP contribution in [0.15, 0.2) is 40.3 Å². The van der Waals surface area contributed by atoms with Gasteiger partial charge in [-0.05, 0) is 31.7 Å². The van der Waals surface area contributed by atoms with Crippen LogP contribution in [-0.4, -0.2) is 27.8 Å². The summed E-state index contributed by atoms with van der Waals surface area (Å²) in [7, 11) is 0. The highest BCUT2D eigenvalue weighted by atomic mass is 32.2. The number of nitrogens with one attached hydrogen (secondary N) is 1. The Balaban J connectivity index is 1.56. The fraction of sp³-hybridized carbons (Fsp3) is 0.450. The molecule has 138 valence electrons. The van der Waals surface area contributed by atoms with Crippen LogP contribution in [0.25, 0.3) is 0 Å². The number of rotatable bonds is 6. The number of nitrogens with zero attached hydrogens (tertiary/aromatic N) is 2. The Bertz CT molecular complexity index is 833. The Morgan fingerprint density at radius 1 is 1.35 bits per heavy atom. The first-order valence-corrected chi connectivity index (χ1v) is 10.1.